The van der Waals surface area contributed by atoms with Crippen LogP contribution in [0.5, 0.6) is 11.6 Å². The van der Waals surface area contributed by atoms with Gasteiger partial charge in [-0.05, 0) is 23.6 Å². The number of benzene rings is 1. The quantitative estimate of drug-likeness (QED) is 0.930. The topological polar surface area (TPSA) is 47.0 Å². The van der Waals surface area contributed by atoms with Crippen molar-refractivity contribution >= 4 is 0 Å². The lowest BCUT2D eigenvalue weighted by Gasteiger charge is -2.18. The Bertz CT molecular complexity index is 610. The third-order valence-corrected chi connectivity index (χ3v) is 3.57. The molecule has 1 N–H and O–H groups in total. The zero-order valence-electron chi connectivity index (χ0n) is 11.9. The van der Waals surface area contributed by atoms with Crippen molar-refractivity contribution in [3.8, 4) is 11.6 Å². The molecule has 0 radical (unpaired) electrons. The third-order valence-electron chi connectivity index (χ3n) is 3.57. The van der Waals surface area contributed by atoms with E-state index in [-0.39, 0.29) is 0 Å². The first-order valence-electron chi connectivity index (χ1n) is 7.05. The van der Waals surface area contributed by atoms with Gasteiger partial charge in [-0.2, -0.15) is 0 Å². The van der Waals surface area contributed by atoms with Crippen LogP contribution in [0, 0.1) is 0 Å². The van der Waals surface area contributed by atoms with Crippen molar-refractivity contribution < 1.29 is 4.74 Å². The van der Waals surface area contributed by atoms with Gasteiger partial charge in [-0.3, -0.25) is 0 Å². The predicted octanol–water partition coefficient (Wildman–Crippen LogP) is 3.04. The van der Waals surface area contributed by atoms with E-state index in [0.29, 0.717) is 11.8 Å². The van der Waals surface area contributed by atoms with E-state index in [0.717, 1.165) is 36.5 Å². The minimum absolute atomic E-state index is 0.486. The maximum Gasteiger partial charge on any atom is 0.227 e. The molecule has 0 fully saturated rings. The molecule has 2 aromatic rings. The average molecular weight is 269 g/mol. The van der Waals surface area contributed by atoms with E-state index >= 15 is 0 Å². The number of ether oxygens (including phenoxy) is 1. The molecular weight excluding hydrogens is 250 g/mol. The van der Waals surface area contributed by atoms with Gasteiger partial charge in [0.2, 0.25) is 5.88 Å². The predicted molar refractivity (Wildman–Crippen MR) is 78.0 cm³/mol. The number of hydrogen-bond acceptors (Lipinski definition) is 4. The highest BCUT2D eigenvalue weighted by molar-refractivity contribution is 5.37. The fraction of sp³-hybridized carbons (Fsp3) is 0.375. The first kappa shape index (κ1) is 13.1. The van der Waals surface area contributed by atoms with E-state index in [9.17, 15) is 0 Å². The highest BCUT2D eigenvalue weighted by Gasteiger charge is 2.16. The van der Waals surface area contributed by atoms with Crippen LogP contribution in [0.4, 0.5) is 0 Å². The van der Waals surface area contributed by atoms with Crippen molar-refractivity contribution in [2.75, 3.05) is 6.54 Å². The summed E-state index contributed by atoms with van der Waals surface area (Å²) in [5, 5.41) is 3.34. The van der Waals surface area contributed by atoms with Crippen molar-refractivity contribution in [2.45, 2.75) is 32.7 Å². The number of nitrogens with one attached hydrogen (secondary N) is 1. The SMILES string of the molecule is CC(C)c1cccc(Oc2ncnc3c2CNCC3)c1. The largest absolute Gasteiger partial charge is 0.439 e. The molecule has 2 heterocycles. The van der Waals surface area contributed by atoms with Crippen LogP contribution in [0.3, 0.4) is 0 Å². The van der Waals surface area contributed by atoms with E-state index in [1.165, 1.54) is 5.56 Å². The van der Waals surface area contributed by atoms with Crippen molar-refractivity contribution in [3.63, 3.8) is 0 Å². The van der Waals surface area contributed by atoms with Gasteiger partial charge in [0.05, 0.1) is 11.3 Å². The molecule has 0 atom stereocenters. The molecule has 1 aromatic heterocycles. The number of nitrogens with zero attached hydrogens (tertiary/aromatic N) is 2. The molecule has 3 rings (SSSR count). The molecule has 0 amide bonds. The van der Waals surface area contributed by atoms with Gasteiger partial charge in [0.25, 0.3) is 0 Å². The van der Waals surface area contributed by atoms with Gasteiger partial charge in [0, 0.05) is 19.5 Å². The van der Waals surface area contributed by atoms with Crippen LogP contribution >= 0.6 is 0 Å². The Morgan fingerprint density at radius 3 is 3.00 bits per heavy atom. The summed E-state index contributed by atoms with van der Waals surface area (Å²) in [4.78, 5) is 8.62. The summed E-state index contributed by atoms with van der Waals surface area (Å²) in [6, 6.07) is 8.19. The van der Waals surface area contributed by atoms with Gasteiger partial charge in [-0.1, -0.05) is 26.0 Å². The van der Waals surface area contributed by atoms with Crippen molar-refractivity contribution in [3.05, 3.63) is 47.4 Å². The molecule has 4 nitrogen and oxygen atoms in total. The monoisotopic (exact) mass is 269 g/mol. The summed E-state index contributed by atoms with van der Waals surface area (Å²) in [5.74, 6) is 1.99. The van der Waals surface area contributed by atoms with Crippen LogP contribution in [0.1, 0.15) is 36.6 Å². The fourth-order valence-corrected chi connectivity index (χ4v) is 2.38. The van der Waals surface area contributed by atoms with Crippen molar-refractivity contribution in [1.29, 1.82) is 0 Å². The van der Waals surface area contributed by atoms with Gasteiger partial charge in [0.1, 0.15) is 12.1 Å². The minimum atomic E-state index is 0.486. The molecule has 0 unspecified atom stereocenters. The molecule has 0 saturated heterocycles. The van der Waals surface area contributed by atoms with Gasteiger partial charge >= 0.3 is 0 Å². The summed E-state index contributed by atoms with van der Waals surface area (Å²) < 4.78 is 5.98. The van der Waals surface area contributed by atoms with Gasteiger partial charge in [-0.25, -0.2) is 9.97 Å². The normalized spacial score (nSPS) is 14.2. The summed E-state index contributed by atoms with van der Waals surface area (Å²) >= 11 is 0. The average Bonchev–Trinajstić information content (AvgIpc) is 2.48. The first-order chi connectivity index (χ1) is 9.74. The molecule has 0 aliphatic carbocycles. The molecule has 104 valence electrons. The molecular formula is C16H19N3O. The Kier molecular flexibility index (Phi) is 3.65. The highest BCUT2D eigenvalue weighted by Crippen LogP contribution is 2.28. The second-order valence-corrected chi connectivity index (χ2v) is 5.36. The fourth-order valence-electron chi connectivity index (χ4n) is 2.38. The molecule has 1 aliphatic heterocycles. The van der Waals surface area contributed by atoms with E-state index in [1.807, 2.05) is 12.1 Å². The van der Waals surface area contributed by atoms with Gasteiger partial charge in [0.15, 0.2) is 0 Å². The number of hydrogen-bond donors (Lipinski definition) is 1. The first-order valence-corrected chi connectivity index (χ1v) is 7.05. The lowest BCUT2D eigenvalue weighted by molar-refractivity contribution is 0.443. The standard InChI is InChI=1S/C16H19N3O/c1-11(2)12-4-3-5-13(8-12)20-16-14-9-17-7-6-15(14)18-10-19-16/h3-5,8,10-11,17H,6-7,9H2,1-2H3. The molecule has 20 heavy (non-hydrogen) atoms. The molecule has 4 heteroatoms. The van der Waals surface area contributed by atoms with Crippen LogP contribution in [0.2, 0.25) is 0 Å². The Balaban J connectivity index is 1.90. The summed E-state index contributed by atoms with van der Waals surface area (Å²) in [5.41, 5.74) is 3.44. The number of rotatable bonds is 3. The van der Waals surface area contributed by atoms with E-state index in [2.05, 4.69) is 41.3 Å². The Labute approximate surface area is 119 Å². The lowest BCUT2D eigenvalue weighted by Crippen LogP contribution is -2.25. The van der Waals surface area contributed by atoms with Crippen molar-refractivity contribution in [1.82, 2.24) is 15.3 Å². The zero-order valence-corrected chi connectivity index (χ0v) is 11.9. The van der Waals surface area contributed by atoms with Gasteiger partial charge < -0.3 is 10.1 Å². The lowest BCUT2D eigenvalue weighted by atomic mass is 10.0. The third kappa shape index (κ3) is 2.65. The summed E-state index contributed by atoms with van der Waals surface area (Å²) in [6.07, 6.45) is 2.52. The molecule has 1 aliphatic rings. The molecule has 0 spiro atoms. The smallest absolute Gasteiger partial charge is 0.227 e. The van der Waals surface area contributed by atoms with Crippen LogP contribution < -0.4 is 10.1 Å². The molecule has 1 aromatic carbocycles. The Morgan fingerprint density at radius 2 is 2.15 bits per heavy atom. The van der Waals surface area contributed by atoms with Crippen LogP contribution in [-0.4, -0.2) is 16.5 Å². The van der Waals surface area contributed by atoms with Gasteiger partial charge in [-0.15, -0.1) is 0 Å². The summed E-state index contributed by atoms with van der Waals surface area (Å²) in [7, 11) is 0. The molecule has 0 bridgehead atoms. The number of aromatic nitrogens is 2. The van der Waals surface area contributed by atoms with Crippen LogP contribution in [0.15, 0.2) is 30.6 Å². The van der Waals surface area contributed by atoms with E-state index < -0.39 is 0 Å². The van der Waals surface area contributed by atoms with Crippen molar-refractivity contribution in [2.24, 2.45) is 0 Å². The number of fused-ring (bicyclic) bond motifs is 1. The second kappa shape index (κ2) is 5.59. The van der Waals surface area contributed by atoms with E-state index in [4.69, 9.17) is 4.74 Å². The zero-order chi connectivity index (χ0) is 13.9. The van der Waals surface area contributed by atoms with Crippen LogP contribution in [0.25, 0.3) is 0 Å². The van der Waals surface area contributed by atoms with E-state index in [1.54, 1.807) is 6.33 Å². The Morgan fingerprint density at radius 1 is 1.25 bits per heavy atom. The van der Waals surface area contributed by atoms with Crippen LogP contribution in [-0.2, 0) is 13.0 Å². The summed E-state index contributed by atoms with van der Waals surface area (Å²) in [6.45, 7) is 6.09. The molecule has 0 saturated carbocycles. The maximum absolute atomic E-state index is 5.98. The second-order valence-electron chi connectivity index (χ2n) is 5.36. The maximum atomic E-state index is 5.98. The highest BCUT2D eigenvalue weighted by atomic mass is 16.5. The minimum Gasteiger partial charge on any atom is -0.439 e. The Hall–Kier alpha value is -1.94.